The predicted molar refractivity (Wildman–Crippen MR) is 85.8 cm³/mol. The van der Waals surface area contributed by atoms with Gasteiger partial charge in [0.1, 0.15) is 5.82 Å². The molecule has 0 atom stereocenters. The zero-order valence-electron chi connectivity index (χ0n) is 11.8. The van der Waals surface area contributed by atoms with Crippen molar-refractivity contribution in [3.63, 3.8) is 0 Å². The molecular formula is C18H15FN2. The quantitative estimate of drug-likeness (QED) is 0.627. The van der Waals surface area contributed by atoms with E-state index in [1.165, 1.54) is 6.07 Å². The number of allylic oxidation sites excluding steroid dienone is 1. The summed E-state index contributed by atoms with van der Waals surface area (Å²) in [6.07, 6.45) is 5.77. The van der Waals surface area contributed by atoms with Gasteiger partial charge >= 0.3 is 0 Å². The standard InChI is InChI=1S/C18H15FN2/c1-3-8-15-13(4-2)14-9-5-6-10-16(14)21(15)18-12-7-11-17(19)20-18/h3-12H,2H2,1H3/b8-3-. The molecule has 2 nitrogen and oxygen atoms in total. The van der Waals surface area contributed by atoms with E-state index in [0.717, 1.165) is 22.2 Å². The van der Waals surface area contributed by atoms with Crippen LogP contribution in [0.25, 0.3) is 28.9 Å². The van der Waals surface area contributed by atoms with Crippen molar-refractivity contribution in [1.82, 2.24) is 9.55 Å². The Kier molecular flexibility index (Phi) is 3.40. The normalized spacial score (nSPS) is 11.3. The topological polar surface area (TPSA) is 17.8 Å². The summed E-state index contributed by atoms with van der Waals surface area (Å²) in [6.45, 7) is 5.86. The third-order valence-corrected chi connectivity index (χ3v) is 3.41. The number of para-hydroxylation sites is 1. The van der Waals surface area contributed by atoms with Gasteiger partial charge in [0.2, 0.25) is 5.95 Å². The number of halogens is 1. The van der Waals surface area contributed by atoms with Crippen molar-refractivity contribution >= 4 is 23.1 Å². The molecule has 21 heavy (non-hydrogen) atoms. The number of fused-ring (bicyclic) bond motifs is 1. The van der Waals surface area contributed by atoms with Gasteiger partial charge in [-0.3, -0.25) is 4.57 Å². The van der Waals surface area contributed by atoms with Crippen LogP contribution in [0.15, 0.2) is 55.1 Å². The van der Waals surface area contributed by atoms with Gasteiger partial charge in [0, 0.05) is 10.9 Å². The van der Waals surface area contributed by atoms with Gasteiger partial charge in [0.15, 0.2) is 0 Å². The summed E-state index contributed by atoms with van der Waals surface area (Å²) in [5.74, 6) is 0.0734. The van der Waals surface area contributed by atoms with Crippen molar-refractivity contribution in [3.8, 4) is 5.82 Å². The second-order valence-electron chi connectivity index (χ2n) is 4.67. The molecule has 3 heteroatoms. The maximum atomic E-state index is 13.5. The summed E-state index contributed by atoms with van der Waals surface area (Å²) in [4.78, 5) is 4.01. The third-order valence-electron chi connectivity index (χ3n) is 3.41. The Hall–Kier alpha value is -2.68. The molecule has 1 aromatic carbocycles. The van der Waals surface area contributed by atoms with Gasteiger partial charge in [-0.2, -0.15) is 4.39 Å². The van der Waals surface area contributed by atoms with Crippen LogP contribution < -0.4 is 0 Å². The lowest BCUT2D eigenvalue weighted by atomic mass is 10.1. The van der Waals surface area contributed by atoms with Crippen LogP contribution in [0.3, 0.4) is 0 Å². The fraction of sp³-hybridized carbons (Fsp3) is 0.0556. The highest BCUT2D eigenvalue weighted by molar-refractivity contribution is 5.95. The van der Waals surface area contributed by atoms with Crippen LogP contribution in [-0.2, 0) is 0 Å². The zero-order valence-corrected chi connectivity index (χ0v) is 11.8. The second-order valence-corrected chi connectivity index (χ2v) is 4.67. The summed E-state index contributed by atoms with van der Waals surface area (Å²) in [6, 6.07) is 12.8. The molecular weight excluding hydrogens is 263 g/mol. The van der Waals surface area contributed by atoms with Crippen molar-refractivity contribution in [2.75, 3.05) is 0 Å². The summed E-state index contributed by atoms with van der Waals surface area (Å²) >= 11 is 0. The van der Waals surface area contributed by atoms with E-state index in [2.05, 4.69) is 11.6 Å². The first-order valence-corrected chi connectivity index (χ1v) is 6.77. The molecule has 0 unspecified atom stereocenters. The minimum atomic E-state index is -0.489. The molecule has 0 spiro atoms. The van der Waals surface area contributed by atoms with Crippen LogP contribution in [0, 0.1) is 5.95 Å². The van der Waals surface area contributed by atoms with Gasteiger partial charge in [0.05, 0.1) is 11.2 Å². The molecule has 0 aliphatic rings. The van der Waals surface area contributed by atoms with E-state index in [1.54, 1.807) is 12.1 Å². The SMILES string of the molecule is C=Cc1c(/C=C\C)n(-c2cccc(F)n2)c2ccccc12. The molecule has 104 valence electrons. The first-order valence-electron chi connectivity index (χ1n) is 6.77. The van der Waals surface area contributed by atoms with Gasteiger partial charge in [-0.1, -0.05) is 43.0 Å². The van der Waals surface area contributed by atoms with E-state index in [9.17, 15) is 4.39 Å². The largest absolute Gasteiger partial charge is 0.294 e. The fourth-order valence-corrected chi connectivity index (χ4v) is 2.59. The molecule has 0 fully saturated rings. The average Bonchev–Trinajstić information content (AvgIpc) is 2.81. The highest BCUT2D eigenvalue weighted by Gasteiger charge is 2.15. The summed E-state index contributed by atoms with van der Waals surface area (Å²) in [7, 11) is 0. The number of nitrogens with zero attached hydrogens (tertiary/aromatic N) is 2. The monoisotopic (exact) mass is 278 g/mol. The van der Waals surface area contributed by atoms with E-state index in [-0.39, 0.29) is 0 Å². The Morgan fingerprint density at radius 3 is 2.67 bits per heavy atom. The molecule has 3 rings (SSSR count). The van der Waals surface area contributed by atoms with Crippen LogP contribution in [0.4, 0.5) is 4.39 Å². The maximum absolute atomic E-state index is 13.5. The summed E-state index contributed by atoms with van der Waals surface area (Å²) < 4.78 is 15.5. The summed E-state index contributed by atoms with van der Waals surface area (Å²) in [5, 5.41) is 1.08. The average molecular weight is 278 g/mol. The van der Waals surface area contributed by atoms with E-state index in [4.69, 9.17) is 0 Å². The van der Waals surface area contributed by atoms with Crippen LogP contribution in [0.2, 0.25) is 0 Å². The molecule has 2 heterocycles. The van der Waals surface area contributed by atoms with Gasteiger partial charge in [-0.05, 0) is 31.2 Å². The zero-order chi connectivity index (χ0) is 14.8. The van der Waals surface area contributed by atoms with Crippen LogP contribution in [0.5, 0.6) is 0 Å². The Balaban J connectivity index is 2.45. The fourth-order valence-electron chi connectivity index (χ4n) is 2.59. The highest BCUT2D eigenvalue weighted by Crippen LogP contribution is 2.30. The lowest BCUT2D eigenvalue weighted by molar-refractivity contribution is 0.581. The van der Waals surface area contributed by atoms with Crippen molar-refractivity contribution in [2.45, 2.75) is 6.92 Å². The second kappa shape index (κ2) is 5.37. The predicted octanol–water partition coefficient (Wildman–Crippen LogP) is 4.84. The molecule has 0 radical (unpaired) electrons. The molecule has 3 aromatic rings. The molecule has 0 bridgehead atoms. The lowest BCUT2D eigenvalue weighted by Gasteiger charge is -2.08. The maximum Gasteiger partial charge on any atom is 0.214 e. The van der Waals surface area contributed by atoms with Crippen LogP contribution >= 0.6 is 0 Å². The Morgan fingerprint density at radius 1 is 1.14 bits per heavy atom. The highest BCUT2D eigenvalue weighted by atomic mass is 19.1. The number of aromatic nitrogens is 2. The molecule has 0 aliphatic heterocycles. The van der Waals surface area contributed by atoms with E-state index in [1.807, 2.05) is 54.0 Å². The van der Waals surface area contributed by atoms with E-state index >= 15 is 0 Å². The smallest absolute Gasteiger partial charge is 0.214 e. The molecule has 0 amide bonds. The lowest BCUT2D eigenvalue weighted by Crippen LogP contribution is -2.01. The Labute approximate surface area is 122 Å². The number of hydrogen-bond acceptors (Lipinski definition) is 1. The van der Waals surface area contributed by atoms with E-state index in [0.29, 0.717) is 5.82 Å². The molecule has 0 saturated heterocycles. The minimum Gasteiger partial charge on any atom is -0.294 e. The Morgan fingerprint density at radius 2 is 1.95 bits per heavy atom. The van der Waals surface area contributed by atoms with Crippen molar-refractivity contribution < 1.29 is 4.39 Å². The van der Waals surface area contributed by atoms with Crippen molar-refractivity contribution in [3.05, 3.63) is 72.3 Å². The first-order chi connectivity index (χ1) is 10.3. The molecule has 0 aliphatic carbocycles. The van der Waals surface area contributed by atoms with Crippen molar-refractivity contribution in [2.24, 2.45) is 0 Å². The van der Waals surface area contributed by atoms with Crippen LogP contribution in [0.1, 0.15) is 18.2 Å². The number of rotatable bonds is 3. The Bertz CT molecular complexity index is 844. The van der Waals surface area contributed by atoms with Gasteiger partial charge < -0.3 is 0 Å². The van der Waals surface area contributed by atoms with Gasteiger partial charge in [-0.15, -0.1) is 0 Å². The van der Waals surface area contributed by atoms with E-state index < -0.39 is 5.95 Å². The van der Waals surface area contributed by atoms with Gasteiger partial charge in [0.25, 0.3) is 0 Å². The molecule has 2 aromatic heterocycles. The minimum absolute atomic E-state index is 0.489. The van der Waals surface area contributed by atoms with Crippen LogP contribution in [-0.4, -0.2) is 9.55 Å². The number of benzene rings is 1. The van der Waals surface area contributed by atoms with Gasteiger partial charge in [-0.25, -0.2) is 4.98 Å². The third kappa shape index (κ3) is 2.17. The number of hydrogen-bond donors (Lipinski definition) is 0. The molecule has 0 saturated carbocycles. The molecule has 0 N–H and O–H groups in total. The summed E-state index contributed by atoms with van der Waals surface area (Å²) in [5.41, 5.74) is 2.96. The first kappa shape index (κ1) is 13.3. The van der Waals surface area contributed by atoms with Crippen molar-refractivity contribution in [1.29, 1.82) is 0 Å². The number of pyridine rings is 1.